The molecule has 98 valence electrons. The van der Waals surface area contributed by atoms with Gasteiger partial charge in [0.25, 0.3) is 0 Å². The van der Waals surface area contributed by atoms with E-state index in [1.54, 1.807) is 0 Å². The van der Waals surface area contributed by atoms with Gasteiger partial charge in [0.15, 0.2) is 5.78 Å². The fourth-order valence-corrected chi connectivity index (χ4v) is 2.47. The molecule has 1 aromatic heterocycles. The van der Waals surface area contributed by atoms with Crippen LogP contribution in [0.25, 0.3) is 10.9 Å². The van der Waals surface area contributed by atoms with E-state index in [-0.39, 0.29) is 5.78 Å². The first-order valence-electron chi connectivity index (χ1n) is 6.63. The molecule has 0 spiro atoms. The molecule has 1 heterocycles. The van der Waals surface area contributed by atoms with Crippen molar-refractivity contribution in [1.29, 1.82) is 0 Å². The van der Waals surface area contributed by atoms with Gasteiger partial charge in [-0.2, -0.15) is 0 Å². The fraction of sp³-hybridized carbons (Fsp3) is 0.111. The van der Waals surface area contributed by atoms with Crippen molar-refractivity contribution >= 4 is 16.7 Å². The van der Waals surface area contributed by atoms with Crippen LogP contribution >= 0.6 is 0 Å². The molecule has 0 unspecified atom stereocenters. The first kappa shape index (κ1) is 12.5. The Bertz CT molecular complexity index is 805. The third-order valence-corrected chi connectivity index (χ3v) is 3.48. The fourth-order valence-electron chi connectivity index (χ4n) is 2.47. The van der Waals surface area contributed by atoms with Gasteiger partial charge >= 0.3 is 0 Å². The summed E-state index contributed by atoms with van der Waals surface area (Å²) in [6.45, 7) is 3.88. The van der Waals surface area contributed by atoms with Crippen LogP contribution < -0.4 is 0 Å². The van der Waals surface area contributed by atoms with E-state index in [0.717, 1.165) is 33.3 Å². The van der Waals surface area contributed by atoms with Gasteiger partial charge in [0.1, 0.15) is 0 Å². The zero-order valence-corrected chi connectivity index (χ0v) is 11.6. The van der Waals surface area contributed by atoms with Crippen molar-refractivity contribution in [3.8, 4) is 0 Å². The third kappa shape index (κ3) is 2.10. The second kappa shape index (κ2) is 4.89. The highest BCUT2D eigenvalue weighted by Gasteiger charge is 2.15. The molecule has 0 saturated carbocycles. The summed E-state index contributed by atoms with van der Waals surface area (Å²) in [4.78, 5) is 17.3. The third-order valence-electron chi connectivity index (χ3n) is 3.48. The van der Waals surface area contributed by atoms with E-state index in [1.165, 1.54) is 0 Å². The van der Waals surface area contributed by atoms with Crippen molar-refractivity contribution in [3.05, 3.63) is 77.0 Å². The molecule has 0 atom stereocenters. The number of fused-ring (bicyclic) bond motifs is 1. The SMILES string of the molecule is Cc1cc(C(=O)c2ccccc2C)c2ccccc2n1. The lowest BCUT2D eigenvalue weighted by molar-refractivity contribution is 0.103. The zero-order valence-electron chi connectivity index (χ0n) is 11.6. The van der Waals surface area contributed by atoms with Gasteiger partial charge in [0, 0.05) is 22.2 Å². The van der Waals surface area contributed by atoms with Crippen LogP contribution in [0.1, 0.15) is 27.2 Å². The highest BCUT2D eigenvalue weighted by atomic mass is 16.1. The van der Waals surface area contributed by atoms with Crippen molar-refractivity contribution in [2.24, 2.45) is 0 Å². The molecule has 0 aliphatic heterocycles. The van der Waals surface area contributed by atoms with Crippen LogP contribution in [0.4, 0.5) is 0 Å². The Labute approximate surface area is 118 Å². The smallest absolute Gasteiger partial charge is 0.194 e. The molecular formula is C18H15NO. The monoisotopic (exact) mass is 261 g/mol. The van der Waals surface area contributed by atoms with E-state index < -0.39 is 0 Å². The normalized spacial score (nSPS) is 10.7. The number of carbonyl (C=O) groups excluding carboxylic acids is 1. The Hall–Kier alpha value is -2.48. The number of aryl methyl sites for hydroxylation is 2. The zero-order chi connectivity index (χ0) is 14.1. The second-order valence-electron chi connectivity index (χ2n) is 4.97. The Kier molecular flexibility index (Phi) is 3.07. The van der Waals surface area contributed by atoms with Gasteiger partial charge in [-0.25, -0.2) is 0 Å². The predicted octanol–water partition coefficient (Wildman–Crippen LogP) is 4.08. The van der Waals surface area contributed by atoms with Crippen molar-refractivity contribution < 1.29 is 4.79 Å². The number of para-hydroxylation sites is 1. The maximum atomic E-state index is 12.8. The number of carbonyl (C=O) groups is 1. The Morgan fingerprint density at radius 2 is 1.60 bits per heavy atom. The molecule has 0 aliphatic carbocycles. The van der Waals surface area contributed by atoms with Gasteiger partial charge in [-0.15, -0.1) is 0 Å². The first-order valence-corrected chi connectivity index (χ1v) is 6.63. The van der Waals surface area contributed by atoms with Gasteiger partial charge < -0.3 is 0 Å². The van der Waals surface area contributed by atoms with Crippen LogP contribution in [0.5, 0.6) is 0 Å². The summed E-state index contributed by atoms with van der Waals surface area (Å²) in [5.74, 6) is 0.0600. The second-order valence-corrected chi connectivity index (χ2v) is 4.97. The van der Waals surface area contributed by atoms with Crippen molar-refractivity contribution in [2.45, 2.75) is 13.8 Å². The molecule has 20 heavy (non-hydrogen) atoms. The molecular weight excluding hydrogens is 246 g/mol. The number of benzene rings is 2. The van der Waals surface area contributed by atoms with E-state index in [1.807, 2.05) is 68.4 Å². The number of nitrogens with zero attached hydrogens (tertiary/aromatic N) is 1. The van der Waals surface area contributed by atoms with E-state index in [4.69, 9.17) is 0 Å². The predicted molar refractivity (Wildman–Crippen MR) is 81.1 cm³/mol. The van der Waals surface area contributed by atoms with Crippen LogP contribution in [0.2, 0.25) is 0 Å². The molecule has 3 rings (SSSR count). The highest BCUT2D eigenvalue weighted by molar-refractivity contribution is 6.16. The molecule has 3 aromatic rings. The highest BCUT2D eigenvalue weighted by Crippen LogP contribution is 2.22. The summed E-state index contributed by atoms with van der Waals surface area (Å²) in [5, 5.41) is 0.909. The van der Waals surface area contributed by atoms with E-state index in [2.05, 4.69) is 4.98 Å². The quantitative estimate of drug-likeness (QED) is 0.650. The molecule has 2 nitrogen and oxygen atoms in total. The average Bonchev–Trinajstić information content (AvgIpc) is 2.46. The van der Waals surface area contributed by atoms with Gasteiger partial charge in [-0.05, 0) is 31.5 Å². The van der Waals surface area contributed by atoms with Crippen molar-refractivity contribution in [2.75, 3.05) is 0 Å². The maximum Gasteiger partial charge on any atom is 0.194 e. The molecule has 0 radical (unpaired) electrons. The standard InChI is InChI=1S/C18H15NO/c1-12-7-3-4-8-14(12)18(20)16-11-13(2)19-17-10-6-5-9-15(16)17/h3-11H,1-2H3. The van der Waals surface area contributed by atoms with Crippen molar-refractivity contribution in [1.82, 2.24) is 4.98 Å². The molecule has 0 saturated heterocycles. The average molecular weight is 261 g/mol. The number of hydrogen-bond acceptors (Lipinski definition) is 2. The lowest BCUT2D eigenvalue weighted by Crippen LogP contribution is -2.05. The van der Waals surface area contributed by atoms with E-state index in [0.29, 0.717) is 0 Å². The van der Waals surface area contributed by atoms with Crippen LogP contribution in [0.15, 0.2) is 54.6 Å². The van der Waals surface area contributed by atoms with Gasteiger partial charge in [0.2, 0.25) is 0 Å². The number of aromatic nitrogens is 1. The van der Waals surface area contributed by atoms with E-state index in [9.17, 15) is 4.79 Å². The topological polar surface area (TPSA) is 30.0 Å². The first-order chi connectivity index (χ1) is 9.66. The summed E-state index contributed by atoms with van der Waals surface area (Å²) in [6.07, 6.45) is 0. The summed E-state index contributed by atoms with van der Waals surface area (Å²) >= 11 is 0. The molecule has 2 heteroatoms. The number of hydrogen-bond donors (Lipinski definition) is 0. The Balaban J connectivity index is 2.24. The minimum absolute atomic E-state index is 0.0600. The van der Waals surface area contributed by atoms with Crippen LogP contribution in [-0.2, 0) is 0 Å². The summed E-state index contributed by atoms with van der Waals surface area (Å²) in [5.41, 5.74) is 4.20. The molecule has 0 bridgehead atoms. The number of rotatable bonds is 2. The Morgan fingerprint density at radius 1 is 0.900 bits per heavy atom. The molecule has 0 N–H and O–H groups in total. The summed E-state index contributed by atoms with van der Waals surface area (Å²) in [7, 11) is 0. The van der Waals surface area contributed by atoms with E-state index >= 15 is 0 Å². The van der Waals surface area contributed by atoms with Crippen molar-refractivity contribution in [3.63, 3.8) is 0 Å². The lowest BCUT2D eigenvalue weighted by Gasteiger charge is -2.09. The number of ketones is 1. The van der Waals surface area contributed by atoms with Crippen LogP contribution in [0, 0.1) is 13.8 Å². The minimum atomic E-state index is 0.0600. The number of pyridine rings is 1. The molecule has 0 amide bonds. The lowest BCUT2D eigenvalue weighted by atomic mass is 9.96. The summed E-state index contributed by atoms with van der Waals surface area (Å²) in [6, 6.07) is 17.3. The van der Waals surface area contributed by atoms with Crippen LogP contribution in [0.3, 0.4) is 0 Å². The van der Waals surface area contributed by atoms with Gasteiger partial charge in [-0.3, -0.25) is 9.78 Å². The van der Waals surface area contributed by atoms with Gasteiger partial charge in [0.05, 0.1) is 5.52 Å². The maximum absolute atomic E-state index is 12.8. The largest absolute Gasteiger partial charge is 0.289 e. The Morgan fingerprint density at radius 3 is 2.40 bits per heavy atom. The molecule has 0 aliphatic rings. The minimum Gasteiger partial charge on any atom is -0.289 e. The summed E-state index contributed by atoms with van der Waals surface area (Å²) < 4.78 is 0. The molecule has 0 fully saturated rings. The molecule has 2 aromatic carbocycles. The van der Waals surface area contributed by atoms with Gasteiger partial charge in [-0.1, -0.05) is 42.5 Å². The van der Waals surface area contributed by atoms with Crippen LogP contribution in [-0.4, -0.2) is 10.8 Å².